The van der Waals surface area contributed by atoms with Crippen molar-refractivity contribution in [3.05, 3.63) is 18.2 Å². The number of aliphatic hydroxyl groups is 1. The lowest BCUT2D eigenvalue weighted by molar-refractivity contribution is -0.272. The van der Waals surface area contributed by atoms with E-state index in [-0.39, 0.29) is 26.2 Å². The molecule has 0 radical (unpaired) electrons. The Morgan fingerprint density at radius 3 is 2.00 bits per heavy atom. The van der Waals surface area contributed by atoms with Gasteiger partial charge in [0.25, 0.3) is 0 Å². The van der Waals surface area contributed by atoms with Crippen LogP contribution in [0.5, 0.6) is 0 Å². The molecule has 0 spiro atoms. The number of piperazine rings is 1. The SMILES string of the molecule is Cn1ccnc1C(O)(CC(=O)N1CCN(C(=O)C(=O)N2CCOCC2)CC1)C(F)(F)F. The van der Waals surface area contributed by atoms with Crippen LogP contribution in [0.4, 0.5) is 13.2 Å². The van der Waals surface area contributed by atoms with Crippen LogP contribution in [0.2, 0.25) is 0 Å². The fraction of sp³-hybridized carbons (Fsp3) is 0.667. The molecule has 2 fully saturated rings. The fourth-order valence-electron chi connectivity index (χ4n) is 3.60. The lowest BCUT2D eigenvalue weighted by atomic mass is 9.96. The molecule has 2 aliphatic rings. The number of amides is 3. The van der Waals surface area contributed by atoms with Gasteiger partial charge in [-0.3, -0.25) is 14.4 Å². The molecular weight excluding hydrogens is 423 g/mol. The summed E-state index contributed by atoms with van der Waals surface area (Å²) in [6, 6.07) is 0. The molecule has 0 aromatic carbocycles. The molecule has 3 rings (SSSR count). The molecule has 2 aliphatic heterocycles. The second-order valence-electron chi connectivity index (χ2n) is 7.47. The van der Waals surface area contributed by atoms with Crippen LogP contribution in [0.1, 0.15) is 12.2 Å². The smallest absolute Gasteiger partial charge is 0.378 e. The zero-order chi connectivity index (χ0) is 22.8. The van der Waals surface area contributed by atoms with Gasteiger partial charge in [-0.15, -0.1) is 0 Å². The van der Waals surface area contributed by atoms with Gasteiger partial charge in [0.15, 0.2) is 5.82 Å². The van der Waals surface area contributed by atoms with Crippen LogP contribution in [-0.4, -0.2) is 106 Å². The van der Waals surface area contributed by atoms with Crippen molar-refractivity contribution in [3.8, 4) is 0 Å². The van der Waals surface area contributed by atoms with Crippen LogP contribution in [0.15, 0.2) is 12.4 Å². The van der Waals surface area contributed by atoms with E-state index in [1.54, 1.807) is 0 Å². The number of carbonyl (C=O) groups excluding carboxylic acids is 3. The van der Waals surface area contributed by atoms with Gasteiger partial charge in [0, 0.05) is 58.7 Å². The van der Waals surface area contributed by atoms with Gasteiger partial charge in [0.2, 0.25) is 11.5 Å². The van der Waals surface area contributed by atoms with Crippen molar-refractivity contribution in [1.82, 2.24) is 24.3 Å². The van der Waals surface area contributed by atoms with Crippen LogP contribution < -0.4 is 0 Å². The van der Waals surface area contributed by atoms with E-state index in [1.165, 1.54) is 23.0 Å². The van der Waals surface area contributed by atoms with Gasteiger partial charge in [-0.1, -0.05) is 0 Å². The molecule has 31 heavy (non-hydrogen) atoms. The molecule has 1 atom stereocenters. The third-order valence-corrected chi connectivity index (χ3v) is 5.47. The van der Waals surface area contributed by atoms with E-state index in [9.17, 15) is 32.7 Å². The molecule has 0 aliphatic carbocycles. The summed E-state index contributed by atoms with van der Waals surface area (Å²) in [4.78, 5) is 44.7. The molecule has 3 amide bonds. The first-order chi connectivity index (χ1) is 14.5. The van der Waals surface area contributed by atoms with Crippen molar-refractivity contribution in [2.45, 2.75) is 18.2 Å². The van der Waals surface area contributed by atoms with E-state index in [1.807, 2.05) is 0 Å². The van der Waals surface area contributed by atoms with E-state index < -0.39 is 41.7 Å². The van der Waals surface area contributed by atoms with Gasteiger partial charge in [-0.2, -0.15) is 13.2 Å². The highest BCUT2D eigenvalue weighted by molar-refractivity contribution is 6.34. The number of aryl methyl sites for hydroxylation is 1. The number of hydrogen-bond acceptors (Lipinski definition) is 6. The Balaban J connectivity index is 1.61. The fourth-order valence-corrected chi connectivity index (χ4v) is 3.60. The second kappa shape index (κ2) is 8.83. The maximum Gasteiger partial charge on any atom is 0.425 e. The van der Waals surface area contributed by atoms with Crippen molar-refractivity contribution in [1.29, 1.82) is 0 Å². The van der Waals surface area contributed by atoms with Crippen molar-refractivity contribution in [3.63, 3.8) is 0 Å². The van der Waals surface area contributed by atoms with Crippen LogP contribution in [0, 0.1) is 0 Å². The molecule has 172 valence electrons. The predicted molar refractivity (Wildman–Crippen MR) is 98.3 cm³/mol. The Hall–Kier alpha value is -2.67. The number of ether oxygens (including phenoxy) is 1. The lowest BCUT2D eigenvalue weighted by Crippen LogP contribution is -2.56. The number of aromatic nitrogens is 2. The minimum Gasteiger partial charge on any atom is -0.378 e. The summed E-state index contributed by atoms with van der Waals surface area (Å²) in [6.07, 6.45) is -4.01. The van der Waals surface area contributed by atoms with Crippen LogP contribution in [0.25, 0.3) is 0 Å². The van der Waals surface area contributed by atoms with Crippen LogP contribution in [0.3, 0.4) is 0 Å². The quantitative estimate of drug-likeness (QED) is 0.602. The predicted octanol–water partition coefficient (Wildman–Crippen LogP) is -0.910. The van der Waals surface area contributed by atoms with Gasteiger partial charge in [-0.25, -0.2) is 4.98 Å². The summed E-state index contributed by atoms with van der Waals surface area (Å²) in [5.41, 5.74) is -3.44. The number of carbonyl (C=O) groups is 3. The first-order valence-electron chi connectivity index (χ1n) is 9.75. The first kappa shape index (κ1) is 23.0. The maximum atomic E-state index is 13.6. The maximum absolute atomic E-state index is 13.6. The van der Waals surface area contributed by atoms with Crippen molar-refractivity contribution in [2.24, 2.45) is 7.05 Å². The Kier molecular flexibility index (Phi) is 6.55. The van der Waals surface area contributed by atoms with E-state index in [2.05, 4.69) is 4.98 Å². The molecule has 10 nitrogen and oxygen atoms in total. The van der Waals surface area contributed by atoms with E-state index in [0.29, 0.717) is 26.3 Å². The Morgan fingerprint density at radius 2 is 1.52 bits per heavy atom. The standard InChI is InChI=1S/C18H24F3N5O5/c1-23-3-2-22-16(23)17(30,18(19,20)21)12-13(27)24-4-6-25(7-5-24)14(28)15(29)26-8-10-31-11-9-26/h2-3,30H,4-12H2,1H3. The van der Waals surface area contributed by atoms with Crippen molar-refractivity contribution >= 4 is 17.7 Å². The zero-order valence-corrected chi connectivity index (χ0v) is 17.0. The number of nitrogens with zero attached hydrogens (tertiary/aromatic N) is 5. The highest BCUT2D eigenvalue weighted by Crippen LogP contribution is 2.41. The van der Waals surface area contributed by atoms with Crippen LogP contribution in [-0.2, 0) is 31.8 Å². The average molecular weight is 447 g/mol. The molecule has 1 aromatic heterocycles. The first-order valence-corrected chi connectivity index (χ1v) is 9.75. The summed E-state index contributed by atoms with van der Waals surface area (Å²) in [7, 11) is 1.29. The number of rotatable bonds is 3. The van der Waals surface area contributed by atoms with Gasteiger partial charge in [0.1, 0.15) is 0 Å². The summed E-state index contributed by atoms with van der Waals surface area (Å²) >= 11 is 0. The topological polar surface area (TPSA) is 108 Å². The molecular formula is C18H24F3N5O5. The van der Waals surface area contributed by atoms with Crippen molar-refractivity contribution < 1.29 is 37.4 Å². The van der Waals surface area contributed by atoms with Gasteiger partial charge < -0.3 is 29.1 Å². The largest absolute Gasteiger partial charge is 0.425 e. The average Bonchev–Trinajstić information content (AvgIpc) is 3.19. The van der Waals surface area contributed by atoms with E-state index in [0.717, 1.165) is 15.7 Å². The van der Waals surface area contributed by atoms with Crippen LogP contribution >= 0.6 is 0 Å². The number of alkyl halides is 3. The van der Waals surface area contributed by atoms with Gasteiger partial charge in [0.05, 0.1) is 19.6 Å². The molecule has 0 saturated carbocycles. The zero-order valence-electron chi connectivity index (χ0n) is 17.0. The molecule has 1 aromatic rings. The lowest BCUT2D eigenvalue weighted by Gasteiger charge is -2.37. The Bertz CT molecular complexity index is 831. The third-order valence-electron chi connectivity index (χ3n) is 5.47. The van der Waals surface area contributed by atoms with E-state index in [4.69, 9.17) is 4.74 Å². The second-order valence-corrected chi connectivity index (χ2v) is 7.47. The minimum absolute atomic E-state index is 0.00744. The monoisotopic (exact) mass is 447 g/mol. The number of hydrogen-bond donors (Lipinski definition) is 1. The Labute approximate surface area is 176 Å². The molecule has 3 heterocycles. The normalized spacial score (nSPS) is 19.8. The number of halogens is 3. The summed E-state index contributed by atoms with van der Waals surface area (Å²) in [6.45, 7) is 1.24. The molecule has 0 bridgehead atoms. The van der Waals surface area contributed by atoms with Gasteiger partial charge >= 0.3 is 18.0 Å². The highest BCUT2D eigenvalue weighted by atomic mass is 19.4. The minimum atomic E-state index is -5.12. The summed E-state index contributed by atoms with van der Waals surface area (Å²) < 4.78 is 47.0. The number of morpholine rings is 1. The highest BCUT2D eigenvalue weighted by Gasteiger charge is 2.59. The molecule has 1 N–H and O–H groups in total. The van der Waals surface area contributed by atoms with Crippen molar-refractivity contribution in [2.75, 3.05) is 52.5 Å². The molecule has 2 saturated heterocycles. The molecule has 13 heteroatoms. The third kappa shape index (κ3) is 4.66. The molecule has 1 unspecified atom stereocenters. The summed E-state index contributed by atoms with van der Waals surface area (Å²) in [5, 5.41) is 10.4. The number of imidazole rings is 1. The van der Waals surface area contributed by atoms with Gasteiger partial charge in [-0.05, 0) is 0 Å². The Morgan fingerprint density at radius 1 is 1.00 bits per heavy atom. The summed E-state index contributed by atoms with van der Waals surface area (Å²) in [5.74, 6) is -2.98. The van der Waals surface area contributed by atoms with E-state index >= 15 is 0 Å².